The van der Waals surface area contributed by atoms with E-state index in [0.717, 1.165) is 22.8 Å². The second-order valence-corrected chi connectivity index (χ2v) is 5.84. The van der Waals surface area contributed by atoms with Gasteiger partial charge in [0.2, 0.25) is 0 Å². The maximum Gasteiger partial charge on any atom is 0.105 e. The summed E-state index contributed by atoms with van der Waals surface area (Å²) in [5, 5.41) is 7.52. The first-order valence-electron chi connectivity index (χ1n) is 7.60. The van der Waals surface area contributed by atoms with E-state index in [-0.39, 0.29) is 6.17 Å². The number of nitrogens with one attached hydrogen (secondary N) is 2. The van der Waals surface area contributed by atoms with Crippen LogP contribution in [0.4, 0.5) is 5.69 Å². The number of aryl methyl sites for hydroxylation is 2. The molecule has 0 aliphatic rings. The fraction of sp³-hybridized carbons (Fsp3) is 0.333. The standard InChI is InChI=1S/C18H24ClN3/c1-5-17-11-6-14(3)22(17)18(20-4)12-13(2)21-16-9-7-15(19)8-10-16/h6-12,18,20-21H,5H2,1-4H3/b13-12-. The Labute approximate surface area is 138 Å². The van der Waals surface area contributed by atoms with Crippen LogP contribution in [-0.2, 0) is 6.42 Å². The Kier molecular flexibility index (Phi) is 5.69. The molecule has 118 valence electrons. The van der Waals surface area contributed by atoms with Crippen LogP contribution in [0.15, 0.2) is 48.2 Å². The highest BCUT2D eigenvalue weighted by Crippen LogP contribution is 2.19. The minimum Gasteiger partial charge on any atom is -0.359 e. The van der Waals surface area contributed by atoms with Crippen molar-refractivity contribution in [2.75, 3.05) is 12.4 Å². The summed E-state index contributed by atoms with van der Waals surface area (Å²) in [6, 6.07) is 12.1. The molecule has 1 aromatic heterocycles. The molecule has 22 heavy (non-hydrogen) atoms. The third kappa shape index (κ3) is 3.93. The van der Waals surface area contributed by atoms with E-state index in [1.807, 2.05) is 31.3 Å². The van der Waals surface area contributed by atoms with Gasteiger partial charge in [-0.3, -0.25) is 5.32 Å². The molecule has 0 spiro atoms. The number of likely N-dealkylation sites (N-methyl/N-ethyl adjacent to an activating group) is 1. The van der Waals surface area contributed by atoms with Gasteiger partial charge in [-0.1, -0.05) is 18.5 Å². The fourth-order valence-corrected chi connectivity index (χ4v) is 2.74. The lowest BCUT2D eigenvalue weighted by molar-refractivity contribution is 0.502. The van der Waals surface area contributed by atoms with Crippen LogP contribution in [0.3, 0.4) is 0 Å². The fourth-order valence-electron chi connectivity index (χ4n) is 2.62. The van der Waals surface area contributed by atoms with Crippen LogP contribution in [0.25, 0.3) is 0 Å². The van der Waals surface area contributed by atoms with Gasteiger partial charge in [0.25, 0.3) is 0 Å². The zero-order valence-corrected chi connectivity index (χ0v) is 14.4. The predicted molar refractivity (Wildman–Crippen MR) is 95.5 cm³/mol. The smallest absolute Gasteiger partial charge is 0.105 e. The van der Waals surface area contributed by atoms with Gasteiger partial charge in [-0.15, -0.1) is 0 Å². The zero-order valence-electron chi connectivity index (χ0n) is 13.7. The molecule has 1 aromatic carbocycles. The number of allylic oxidation sites excluding steroid dienone is 1. The lowest BCUT2D eigenvalue weighted by Crippen LogP contribution is -2.24. The third-order valence-electron chi connectivity index (χ3n) is 3.74. The minimum atomic E-state index is 0.129. The summed E-state index contributed by atoms with van der Waals surface area (Å²) >= 11 is 5.92. The Balaban J connectivity index is 2.20. The summed E-state index contributed by atoms with van der Waals surface area (Å²) in [7, 11) is 1.98. The normalized spacial score (nSPS) is 13.2. The van der Waals surface area contributed by atoms with Gasteiger partial charge in [0, 0.05) is 27.8 Å². The third-order valence-corrected chi connectivity index (χ3v) is 3.99. The molecule has 4 heteroatoms. The number of benzene rings is 1. The second-order valence-electron chi connectivity index (χ2n) is 5.40. The van der Waals surface area contributed by atoms with Crippen molar-refractivity contribution in [3.8, 4) is 0 Å². The molecule has 1 heterocycles. The summed E-state index contributed by atoms with van der Waals surface area (Å²) in [6.45, 7) is 6.39. The maximum atomic E-state index is 5.92. The van der Waals surface area contributed by atoms with Crippen molar-refractivity contribution in [3.63, 3.8) is 0 Å². The van der Waals surface area contributed by atoms with Gasteiger partial charge in [-0.25, -0.2) is 0 Å². The second kappa shape index (κ2) is 7.52. The lowest BCUT2D eigenvalue weighted by atomic mass is 10.2. The van der Waals surface area contributed by atoms with Crippen LogP contribution in [0.1, 0.15) is 31.4 Å². The van der Waals surface area contributed by atoms with Gasteiger partial charge < -0.3 is 9.88 Å². The average Bonchev–Trinajstić information content (AvgIpc) is 2.88. The Bertz CT molecular complexity index is 641. The van der Waals surface area contributed by atoms with E-state index in [0.29, 0.717) is 0 Å². The van der Waals surface area contributed by atoms with Crippen molar-refractivity contribution < 1.29 is 0 Å². The molecule has 2 rings (SSSR count). The Morgan fingerprint density at radius 3 is 2.50 bits per heavy atom. The summed E-state index contributed by atoms with van der Waals surface area (Å²) in [4.78, 5) is 0. The molecule has 0 aliphatic heterocycles. The quantitative estimate of drug-likeness (QED) is 0.805. The first kappa shape index (κ1) is 16.7. The average molecular weight is 318 g/mol. The maximum absolute atomic E-state index is 5.92. The van der Waals surface area contributed by atoms with E-state index in [9.17, 15) is 0 Å². The summed E-state index contributed by atoms with van der Waals surface area (Å²) in [5.74, 6) is 0. The lowest BCUT2D eigenvalue weighted by Gasteiger charge is -2.21. The molecular weight excluding hydrogens is 294 g/mol. The van der Waals surface area contributed by atoms with E-state index in [4.69, 9.17) is 11.6 Å². The van der Waals surface area contributed by atoms with Crippen molar-refractivity contribution >= 4 is 17.3 Å². The molecule has 1 unspecified atom stereocenters. The number of hydrogen-bond donors (Lipinski definition) is 2. The van der Waals surface area contributed by atoms with Gasteiger partial charge in [-0.05, 0) is 69.8 Å². The van der Waals surface area contributed by atoms with Crippen LogP contribution in [0, 0.1) is 6.92 Å². The topological polar surface area (TPSA) is 29.0 Å². The number of halogens is 1. The van der Waals surface area contributed by atoms with Crippen LogP contribution in [-0.4, -0.2) is 11.6 Å². The van der Waals surface area contributed by atoms with Gasteiger partial charge in [0.05, 0.1) is 0 Å². The predicted octanol–water partition coefficient (Wildman–Crippen LogP) is 4.75. The number of hydrogen-bond acceptors (Lipinski definition) is 2. The van der Waals surface area contributed by atoms with Crippen LogP contribution < -0.4 is 10.6 Å². The van der Waals surface area contributed by atoms with Gasteiger partial charge in [-0.2, -0.15) is 0 Å². The highest BCUT2D eigenvalue weighted by Gasteiger charge is 2.11. The largest absolute Gasteiger partial charge is 0.359 e. The van der Waals surface area contributed by atoms with Gasteiger partial charge in [0.15, 0.2) is 0 Å². The first-order valence-corrected chi connectivity index (χ1v) is 7.98. The number of anilines is 1. The van der Waals surface area contributed by atoms with Crippen LogP contribution in [0.5, 0.6) is 0 Å². The van der Waals surface area contributed by atoms with Crippen LogP contribution >= 0.6 is 11.6 Å². The van der Waals surface area contributed by atoms with Gasteiger partial charge >= 0.3 is 0 Å². The van der Waals surface area contributed by atoms with Crippen molar-refractivity contribution in [3.05, 3.63) is 64.6 Å². The summed E-state index contributed by atoms with van der Waals surface area (Å²) in [5.41, 5.74) is 4.71. The molecule has 0 saturated carbocycles. The number of aromatic nitrogens is 1. The Hall–Kier alpha value is -1.71. The molecule has 2 aromatic rings. The van der Waals surface area contributed by atoms with Gasteiger partial charge in [0.1, 0.15) is 6.17 Å². The van der Waals surface area contributed by atoms with E-state index in [2.05, 4.69) is 54.2 Å². The molecule has 0 amide bonds. The minimum absolute atomic E-state index is 0.129. The summed E-state index contributed by atoms with van der Waals surface area (Å²) in [6.07, 6.45) is 3.34. The van der Waals surface area contributed by atoms with Crippen molar-refractivity contribution in [2.24, 2.45) is 0 Å². The van der Waals surface area contributed by atoms with Crippen molar-refractivity contribution in [2.45, 2.75) is 33.4 Å². The van der Waals surface area contributed by atoms with E-state index in [1.54, 1.807) is 0 Å². The summed E-state index contributed by atoms with van der Waals surface area (Å²) < 4.78 is 2.33. The zero-order chi connectivity index (χ0) is 16.1. The Morgan fingerprint density at radius 1 is 1.23 bits per heavy atom. The molecule has 2 N–H and O–H groups in total. The highest BCUT2D eigenvalue weighted by atomic mass is 35.5. The van der Waals surface area contributed by atoms with Crippen molar-refractivity contribution in [1.82, 2.24) is 9.88 Å². The molecule has 0 fully saturated rings. The molecule has 0 saturated heterocycles. The number of rotatable bonds is 6. The van der Waals surface area contributed by atoms with Crippen molar-refractivity contribution in [1.29, 1.82) is 0 Å². The molecule has 1 atom stereocenters. The van der Waals surface area contributed by atoms with E-state index < -0.39 is 0 Å². The molecule has 0 bridgehead atoms. The highest BCUT2D eigenvalue weighted by molar-refractivity contribution is 6.30. The monoisotopic (exact) mass is 317 g/mol. The first-order chi connectivity index (χ1) is 10.5. The molecule has 0 aliphatic carbocycles. The number of nitrogens with zero attached hydrogens (tertiary/aromatic N) is 1. The molecule has 0 radical (unpaired) electrons. The van der Waals surface area contributed by atoms with Crippen LogP contribution in [0.2, 0.25) is 5.02 Å². The Morgan fingerprint density at radius 2 is 1.91 bits per heavy atom. The molecule has 3 nitrogen and oxygen atoms in total. The molecular formula is C18H24ClN3. The SMILES string of the molecule is CCc1ccc(C)n1C(/C=C(/C)Nc1ccc(Cl)cc1)NC. The van der Waals surface area contributed by atoms with E-state index in [1.165, 1.54) is 11.4 Å². The van der Waals surface area contributed by atoms with E-state index >= 15 is 0 Å².